The summed E-state index contributed by atoms with van der Waals surface area (Å²) in [6.07, 6.45) is 10.9. The lowest BCUT2D eigenvalue weighted by Crippen LogP contribution is -2.54. The topological polar surface area (TPSA) is 38.0 Å². The molecule has 2 heteroatoms. The summed E-state index contributed by atoms with van der Waals surface area (Å²) in [5.41, 5.74) is 6.83. The van der Waals surface area contributed by atoms with E-state index < -0.39 is 0 Å². The van der Waals surface area contributed by atoms with Gasteiger partial charge in [-0.1, -0.05) is 33.1 Å². The first-order chi connectivity index (χ1) is 8.05. The van der Waals surface area contributed by atoms with Crippen LogP contribution in [0.1, 0.15) is 65.2 Å². The van der Waals surface area contributed by atoms with E-state index in [0.717, 1.165) is 12.5 Å². The Labute approximate surface area is 107 Å². The van der Waals surface area contributed by atoms with Gasteiger partial charge in [0.05, 0.1) is 0 Å². The lowest BCUT2D eigenvalue weighted by Gasteiger charge is -2.44. The first-order valence-electron chi connectivity index (χ1n) is 7.50. The maximum Gasteiger partial charge on any atom is 0.0304 e. The fraction of sp³-hybridized carbons (Fsp3) is 1.00. The summed E-state index contributed by atoms with van der Waals surface area (Å²) >= 11 is 0. The molecule has 0 aliphatic heterocycles. The van der Waals surface area contributed by atoms with Crippen LogP contribution >= 0.6 is 0 Å². The molecular formula is C15H30N2. The zero-order chi connectivity index (χ0) is 12.4. The van der Waals surface area contributed by atoms with Gasteiger partial charge in [-0.3, -0.25) is 0 Å². The molecular weight excluding hydrogens is 208 g/mol. The fourth-order valence-electron chi connectivity index (χ4n) is 3.18. The Morgan fingerprint density at radius 3 is 2.24 bits per heavy atom. The van der Waals surface area contributed by atoms with Gasteiger partial charge in [-0.15, -0.1) is 0 Å². The molecule has 0 radical (unpaired) electrons. The maximum absolute atomic E-state index is 6.03. The van der Waals surface area contributed by atoms with Crippen molar-refractivity contribution in [1.29, 1.82) is 0 Å². The van der Waals surface area contributed by atoms with Gasteiger partial charge in [-0.05, 0) is 50.0 Å². The van der Waals surface area contributed by atoms with Gasteiger partial charge >= 0.3 is 0 Å². The summed E-state index contributed by atoms with van der Waals surface area (Å²) in [6, 6.07) is 0. The Balaban J connectivity index is 1.74. The summed E-state index contributed by atoms with van der Waals surface area (Å²) in [7, 11) is 0. The van der Waals surface area contributed by atoms with Crippen molar-refractivity contribution in [3.8, 4) is 0 Å². The Kier molecular flexibility index (Phi) is 4.14. The standard InChI is InChI=1S/C15H30N2/c1-14(2)7-9-15(12-16,10-8-14)17-11-6-13-4-3-5-13/h13,17H,3-12,16H2,1-2H3. The molecule has 2 fully saturated rings. The van der Waals surface area contributed by atoms with Crippen molar-refractivity contribution >= 4 is 0 Å². The van der Waals surface area contributed by atoms with Crippen LogP contribution in [0.4, 0.5) is 0 Å². The maximum atomic E-state index is 6.03. The van der Waals surface area contributed by atoms with Crippen LogP contribution in [0.2, 0.25) is 0 Å². The van der Waals surface area contributed by atoms with Gasteiger partial charge in [0.2, 0.25) is 0 Å². The summed E-state index contributed by atoms with van der Waals surface area (Å²) < 4.78 is 0. The Hall–Kier alpha value is -0.0800. The molecule has 2 nitrogen and oxygen atoms in total. The van der Waals surface area contributed by atoms with E-state index in [9.17, 15) is 0 Å². The van der Waals surface area contributed by atoms with Crippen molar-refractivity contribution in [2.24, 2.45) is 17.1 Å². The third-order valence-electron chi connectivity index (χ3n) is 5.23. The highest BCUT2D eigenvalue weighted by atomic mass is 15.0. The van der Waals surface area contributed by atoms with Crippen molar-refractivity contribution in [2.75, 3.05) is 13.1 Å². The molecule has 2 aliphatic carbocycles. The normalized spacial score (nSPS) is 27.7. The molecule has 0 aromatic carbocycles. The molecule has 0 amide bonds. The van der Waals surface area contributed by atoms with E-state index in [4.69, 9.17) is 5.73 Å². The number of hydrogen-bond acceptors (Lipinski definition) is 2. The molecule has 0 heterocycles. The van der Waals surface area contributed by atoms with Gasteiger partial charge < -0.3 is 11.1 Å². The van der Waals surface area contributed by atoms with E-state index >= 15 is 0 Å². The van der Waals surface area contributed by atoms with Crippen LogP contribution in [0.3, 0.4) is 0 Å². The number of nitrogens with one attached hydrogen (secondary N) is 1. The fourth-order valence-corrected chi connectivity index (χ4v) is 3.18. The van der Waals surface area contributed by atoms with Gasteiger partial charge in [0, 0.05) is 12.1 Å². The van der Waals surface area contributed by atoms with Gasteiger partial charge in [-0.25, -0.2) is 0 Å². The Morgan fingerprint density at radius 1 is 1.12 bits per heavy atom. The second-order valence-corrected chi connectivity index (χ2v) is 7.16. The molecule has 0 unspecified atom stereocenters. The van der Waals surface area contributed by atoms with Crippen molar-refractivity contribution in [3.05, 3.63) is 0 Å². The summed E-state index contributed by atoms with van der Waals surface area (Å²) in [5.74, 6) is 1.01. The smallest absolute Gasteiger partial charge is 0.0304 e. The minimum atomic E-state index is 0.263. The number of nitrogens with two attached hydrogens (primary N) is 1. The van der Waals surface area contributed by atoms with Crippen LogP contribution in [0.15, 0.2) is 0 Å². The Bertz CT molecular complexity index is 233. The van der Waals surface area contributed by atoms with Gasteiger partial charge in [0.25, 0.3) is 0 Å². The van der Waals surface area contributed by atoms with Gasteiger partial charge in [0.15, 0.2) is 0 Å². The number of rotatable bonds is 5. The lowest BCUT2D eigenvalue weighted by atomic mass is 9.69. The average Bonchev–Trinajstić information content (AvgIpc) is 2.25. The van der Waals surface area contributed by atoms with Crippen molar-refractivity contribution in [2.45, 2.75) is 70.8 Å². The summed E-state index contributed by atoms with van der Waals surface area (Å²) in [6.45, 7) is 6.78. The van der Waals surface area contributed by atoms with E-state index in [0.29, 0.717) is 5.41 Å². The average molecular weight is 238 g/mol. The highest BCUT2D eigenvalue weighted by molar-refractivity contribution is 4.96. The number of hydrogen-bond donors (Lipinski definition) is 2. The highest BCUT2D eigenvalue weighted by Gasteiger charge is 2.36. The monoisotopic (exact) mass is 238 g/mol. The molecule has 17 heavy (non-hydrogen) atoms. The highest BCUT2D eigenvalue weighted by Crippen LogP contribution is 2.40. The SMILES string of the molecule is CC1(C)CCC(CN)(NCCC2CCC2)CC1. The molecule has 0 atom stereocenters. The molecule has 2 rings (SSSR count). The van der Waals surface area contributed by atoms with Crippen molar-refractivity contribution < 1.29 is 0 Å². The quantitative estimate of drug-likeness (QED) is 0.772. The van der Waals surface area contributed by atoms with Crippen LogP contribution < -0.4 is 11.1 Å². The lowest BCUT2D eigenvalue weighted by molar-refractivity contribution is 0.136. The molecule has 3 N–H and O–H groups in total. The third kappa shape index (κ3) is 3.45. The van der Waals surface area contributed by atoms with Crippen molar-refractivity contribution in [1.82, 2.24) is 5.32 Å². The van der Waals surface area contributed by atoms with Crippen LogP contribution in [0.25, 0.3) is 0 Å². The van der Waals surface area contributed by atoms with Crippen LogP contribution in [0.5, 0.6) is 0 Å². The zero-order valence-corrected chi connectivity index (χ0v) is 11.7. The van der Waals surface area contributed by atoms with E-state index in [2.05, 4.69) is 19.2 Å². The molecule has 2 aliphatic rings. The zero-order valence-electron chi connectivity index (χ0n) is 11.7. The Morgan fingerprint density at radius 2 is 1.76 bits per heavy atom. The van der Waals surface area contributed by atoms with Crippen LogP contribution in [0, 0.1) is 11.3 Å². The van der Waals surface area contributed by atoms with Crippen molar-refractivity contribution in [3.63, 3.8) is 0 Å². The van der Waals surface area contributed by atoms with Gasteiger partial charge in [-0.2, -0.15) is 0 Å². The first kappa shape index (κ1) is 13.4. The molecule has 0 aromatic rings. The molecule has 0 saturated heterocycles. The largest absolute Gasteiger partial charge is 0.329 e. The predicted octanol–water partition coefficient (Wildman–Crippen LogP) is 3.06. The molecule has 0 aromatic heterocycles. The molecule has 2 saturated carbocycles. The molecule has 0 bridgehead atoms. The van der Waals surface area contributed by atoms with Crippen LogP contribution in [-0.2, 0) is 0 Å². The van der Waals surface area contributed by atoms with Crippen LogP contribution in [-0.4, -0.2) is 18.6 Å². The summed E-state index contributed by atoms with van der Waals surface area (Å²) in [5, 5.41) is 3.80. The first-order valence-corrected chi connectivity index (χ1v) is 7.50. The second-order valence-electron chi connectivity index (χ2n) is 7.16. The van der Waals surface area contributed by atoms with E-state index in [1.807, 2.05) is 0 Å². The third-order valence-corrected chi connectivity index (χ3v) is 5.23. The predicted molar refractivity (Wildman–Crippen MR) is 74.0 cm³/mol. The summed E-state index contributed by atoms with van der Waals surface area (Å²) in [4.78, 5) is 0. The van der Waals surface area contributed by atoms with Gasteiger partial charge in [0.1, 0.15) is 0 Å². The van der Waals surface area contributed by atoms with E-state index in [1.165, 1.54) is 57.9 Å². The minimum Gasteiger partial charge on any atom is -0.329 e. The second kappa shape index (κ2) is 5.27. The molecule has 0 spiro atoms. The van der Waals surface area contributed by atoms with E-state index in [1.54, 1.807) is 0 Å². The minimum absolute atomic E-state index is 0.263. The molecule has 100 valence electrons. The van der Waals surface area contributed by atoms with E-state index in [-0.39, 0.29) is 5.54 Å².